The lowest BCUT2D eigenvalue weighted by Crippen LogP contribution is -2.30. The zero-order valence-electron chi connectivity index (χ0n) is 16.8. The number of aryl methyl sites for hydroxylation is 2. The predicted molar refractivity (Wildman–Crippen MR) is 110 cm³/mol. The number of amides is 1. The Hall–Kier alpha value is -3.29. The summed E-state index contributed by atoms with van der Waals surface area (Å²) in [4.78, 5) is 30.4. The third kappa shape index (κ3) is 3.46. The SMILES string of the molecule is COc1ccc(NC(=O)Cn2c(C)cc3nc4n(c(=O)c32)CCCC4)cc1OC. The van der Waals surface area contributed by atoms with Gasteiger partial charge in [0.2, 0.25) is 5.91 Å². The first-order valence-electron chi connectivity index (χ1n) is 9.63. The number of benzene rings is 1. The summed E-state index contributed by atoms with van der Waals surface area (Å²) in [6, 6.07) is 7.04. The van der Waals surface area contributed by atoms with Crippen molar-refractivity contribution in [2.45, 2.75) is 39.3 Å². The van der Waals surface area contributed by atoms with Crippen LogP contribution < -0.4 is 20.3 Å². The quantitative estimate of drug-likeness (QED) is 0.716. The molecule has 8 nitrogen and oxygen atoms in total. The third-order valence-electron chi connectivity index (χ3n) is 5.29. The highest BCUT2D eigenvalue weighted by Crippen LogP contribution is 2.29. The maximum absolute atomic E-state index is 13.0. The summed E-state index contributed by atoms with van der Waals surface area (Å²) in [5, 5.41) is 2.86. The van der Waals surface area contributed by atoms with E-state index in [2.05, 4.69) is 10.3 Å². The molecule has 29 heavy (non-hydrogen) atoms. The monoisotopic (exact) mass is 396 g/mol. The number of carbonyl (C=O) groups is 1. The van der Waals surface area contributed by atoms with Gasteiger partial charge < -0.3 is 19.4 Å². The zero-order chi connectivity index (χ0) is 20.5. The molecule has 2 aromatic heterocycles. The van der Waals surface area contributed by atoms with Gasteiger partial charge in [0.15, 0.2) is 11.5 Å². The number of hydrogen-bond acceptors (Lipinski definition) is 5. The summed E-state index contributed by atoms with van der Waals surface area (Å²) < 4.78 is 14.0. The molecule has 3 aromatic rings. The summed E-state index contributed by atoms with van der Waals surface area (Å²) in [5.41, 5.74) is 2.48. The largest absolute Gasteiger partial charge is 0.493 e. The van der Waals surface area contributed by atoms with Gasteiger partial charge in [0.1, 0.15) is 17.9 Å². The van der Waals surface area contributed by atoms with E-state index in [1.54, 1.807) is 41.6 Å². The van der Waals surface area contributed by atoms with Crippen LogP contribution in [0.2, 0.25) is 0 Å². The van der Waals surface area contributed by atoms with E-state index in [1.807, 2.05) is 13.0 Å². The van der Waals surface area contributed by atoms with E-state index in [9.17, 15) is 9.59 Å². The molecule has 1 amide bonds. The molecule has 0 radical (unpaired) electrons. The fourth-order valence-electron chi connectivity index (χ4n) is 3.85. The van der Waals surface area contributed by atoms with E-state index in [-0.39, 0.29) is 18.0 Å². The minimum atomic E-state index is -0.236. The number of anilines is 1. The topological polar surface area (TPSA) is 87.4 Å². The van der Waals surface area contributed by atoms with Crippen LogP contribution in [0.3, 0.4) is 0 Å². The molecule has 1 aliphatic rings. The van der Waals surface area contributed by atoms with Gasteiger partial charge in [-0.3, -0.25) is 14.2 Å². The molecule has 152 valence electrons. The number of nitrogens with one attached hydrogen (secondary N) is 1. The van der Waals surface area contributed by atoms with Gasteiger partial charge in [0.05, 0.1) is 19.7 Å². The highest BCUT2D eigenvalue weighted by molar-refractivity contribution is 5.92. The van der Waals surface area contributed by atoms with E-state index < -0.39 is 0 Å². The van der Waals surface area contributed by atoms with E-state index in [1.165, 1.54) is 0 Å². The molecule has 1 N–H and O–H groups in total. The molecule has 0 atom stereocenters. The van der Waals surface area contributed by atoms with Crippen molar-refractivity contribution in [3.63, 3.8) is 0 Å². The lowest BCUT2D eigenvalue weighted by Gasteiger charge is -2.17. The Labute approximate surface area is 168 Å². The lowest BCUT2D eigenvalue weighted by atomic mass is 10.1. The summed E-state index contributed by atoms with van der Waals surface area (Å²) in [6.07, 6.45) is 2.83. The van der Waals surface area contributed by atoms with Gasteiger partial charge in [-0.15, -0.1) is 0 Å². The molecule has 0 saturated carbocycles. The number of carbonyl (C=O) groups excluding carboxylic acids is 1. The van der Waals surface area contributed by atoms with Crippen molar-refractivity contribution >= 4 is 22.6 Å². The van der Waals surface area contributed by atoms with Crippen molar-refractivity contribution in [3.8, 4) is 11.5 Å². The van der Waals surface area contributed by atoms with Crippen LogP contribution in [-0.4, -0.2) is 34.2 Å². The number of fused-ring (bicyclic) bond motifs is 2. The molecule has 0 saturated heterocycles. The van der Waals surface area contributed by atoms with Gasteiger partial charge in [0.25, 0.3) is 5.56 Å². The molecular weight excluding hydrogens is 372 g/mol. The molecule has 4 rings (SSSR count). The van der Waals surface area contributed by atoms with Crippen LogP contribution in [0.4, 0.5) is 5.69 Å². The van der Waals surface area contributed by atoms with Crippen LogP contribution in [-0.2, 0) is 24.3 Å². The second-order valence-corrected chi connectivity index (χ2v) is 7.17. The Bertz CT molecular complexity index is 1150. The first-order valence-corrected chi connectivity index (χ1v) is 9.63. The number of hydrogen-bond donors (Lipinski definition) is 1. The highest BCUT2D eigenvalue weighted by atomic mass is 16.5. The number of ether oxygens (including phenoxy) is 2. The minimum absolute atomic E-state index is 0.0277. The fourth-order valence-corrected chi connectivity index (χ4v) is 3.85. The smallest absolute Gasteiger partial charge is 0.278 e. The molecule has 8 heteroatoms. The van der Waals surface area contributed by atoms with Crippen LogP contribution in [0.5, 0.6) is 11.5 Å². The minimum Gasteiger partial charge on any atom is -0.493 e. The van der Waals surface area contributed by atoms with Crippen molar-refractivity contribution in [1.82, 2.24) is 14.1 Å². The van der Waals surface area contributed by atoms with Gasteiger partial charge in [-0.05, 0) is 38.0 Å². The zero-order valence-corrected chi connectivity index (χ0v) is 16.8. The second-order valence-electron chi connectivity index (χ2n) is 7.17. The Kier molecular flexibility index (Phi) is 5.00. The third-order valence-corrected chi connectivity index (χ3v) is 5.29. The lowest BCUT2D eigenvalue weighted by molar-refractivity contribution is -0.116. The molecule has 0 spiro atoms. The number of methoxy groups -OCH3 is 2. The van der Waals surface area contributed by atoms with E-state index in [4.69, 9.17) is 9.47 Å². The number of aromatic nitrogens is 3. The van der Waals surface area contributed by atoms with Gasteiger partial charge in [-0.2, -0.15) is 0 Å². The van der Waals surface area contributed by atoms with E-state index in [0.29, 0.717) is 34.8 Å². The summed E-state index contributed by atoms with van der Waals surface area (Å²) in [5.74, 6) is 1.71. The molecule has 0 unspecified atom stereocenters. The highest BCUT2D eigenvalue weighted by Gasteiger charge is 2.20. The fraction of sp³-hybridized carbons (Fsp3) is 0.381. The standard InChI is InChI=1S/C21H24N4O4/c1-13-10-15-20(21(27)24-9-5-4-6-18(24)23-15)25(13)12-19(26)22-14-7-8-16(28-2)17(11-14)29-3/h7-8,10-11H,4-6,9,12H2,1-3H3,(H,22,26). The van der Waals surface area contributed by atoms with Crippen LogP contribution in [0.1, 0.15) is 24.4 Å². The van der Waals surface area contributed by atoms with Crippen LogP contribution in [0.15, 0.2) is 29.1 Å². The Morgan fingerprint density at radius 1 is 1.17 bits per heavy atom. The Morgan fingerprint density at radius 3 is 2.72 bits per heavy atom. The van der Waals surface area contributed by atoms with Crippen molar-refractivity contribution in [3.05, 3.63) is 46.1 Å². The number of nitrogens with zero attached hydrogens (tertiary/aromatic N) is 3. The number of rotatable bonds is 5. The summed E-state index contributed by atoms with van der Waals surface area (Å²) in [7, 11) is 3.10. The Morgan fingerprint density at radius 2 is 1.97 bits per heavy atom. The van der Waals surface area contributed by atoms with Crippen LogP contribution in [0, 0.1) is 6.92 Å². The average Bonchev–Trinajstić information content (AvgIpc) is 3.03. The second kappa shape index (κ2) is 7.62. The van der Waals surface area contributed by atoms with Gasteiger partial charge in [0, 0.05) is 30.4 Å². The normalized spacial score (nSPS) is 13.2. The molecular formula is C21H24N4O4. The predicted octanol–water partition coefficient (Wildman–Crippen LogP) is 2.50. The van der Waals surface area contributed by atoms with Crippen molar-refractivity contribution in [2.75, 3.05) is 19.5 Å². The average molecular weight is 396 g/mol. The maximum atomic E-state index is 13.0. The van der Waals surface area contributed by atoms with Crippen LogP contribution >= 0.6 is 0 Å². The van der Waals surface area contributed by atoms with E-state index >= 15 is 0 Å². The molecule has 0 bridgehead atoms. The molecule has 3 heterocycles. The van der Waals surface area contributed by atoms with Crippen molar-refractivity contribution < 1.29 is 14.3 Å². The first kappa shape index (κ1) is 19.0. The maximum Gasteiger partial charge on any atom is 0.278 e. The molecule has 0 fully saturated rings. The summed E-state index contributed by atoms with van der Waals surface area (Å²) in [6.45, 7) is 2.59. The van der Waals surface area contributed by atoms with Crippen LogP contribution in [0.25, 0.3) is 11.0 Å². The summed E-state index contributed by atoms with van der Waals surface area (Å²) >= 11 is 0. The molecule has 1 aromatic carbocycles. The van der Waals surface area contributed by atoms with E-state index in [0.717, 1.165) is 30.8 Å². The first-order chi connectivity index (χ1) is 14.0. The Balaban J connectivity index is 1.63. The van der Waals surface area contributed by atoms with Crippen molar-refractivity contribution in [2.24, 2.45) is 0 Å². The van der Waals surface area contributed by atoms with Crippen molar-refractivity contribution in [1.29, 1.82) is 0 Å². The molecule has 1 aliphatic heterocycles. The molecule has 0 aliphatic carbocycles. The van der Waals surface area contributed by atoms with Gasteiger partial charge in [-0.1, -0.05) is 0 Å². The van der Waals surface area contributed by atoms with Gasteiger partial charge >= 0.3 is 0 Å². The van der Waals surface area contributed by atoms with Gasteiger partial charge in [-0.25, -0.2) is 4.98 Å².